The number of nitrogens with zero attached hydrogens (tertiary/aromatic N) is 1. The maximum atomic E-state index is 14.0. The summed E-state index contributed by atoms with van der Waals surface area (Å²) in [5, 5.41) is 10.5. The molecule has 0 radical (unpaired) electrons. The van der Waals surface area contributed by atoms with E-state index in [1.807, 2.05) is 24.3 Å². The molecule has 25 heavy (non-hydrogen) atoms. The van der Waals surface area contributed by atoms with Gasteiger partial charge < -0.3 is 10.0 Å². The highest BCUT2D eigenvalue weighted by atomic mass is 35.5. The molecule has 0 aromatic heterocycles. The van der Waals surface area contributed by atoms with E-state index in [1.165, 1.54) is 12.1 Å². The van der Waals surface area contributed by atoms with Crippen LogP contribution in [0.15, 0.2) is 42.5 Å². The summed E-state index contributed by atoms with van der Waals surface area (Å²) in [5.74, 6) is -0.330. The van der Waals surface area contributed by atoms with E-state index < -0.39 is 6.23 Å². The Labute approximate surface area is 152 Å². The van der Waals surface area contributed by atoms with Crippen LogP contribution in [-0.4, -0.2) is 28.2 Å². The van der Waals surface area contributed by atoms with Crippen molar-refractivity contribution in [3.05, 3.63) is 58.9 Å². The van der Waals surface area contributed by atoms with Crippen molar-refractivity contribution >= 4 is 17.5 Å². The Morgan fingerprint density at radius 1 is 1.24 bits per heavy atom. The molecule has 1 aliphatic rings. The maximum absolute atomic E-state index is 14.0. The van der Waals surface area contributed by atoms with E-state index in [9.17, 15) is 14.3 Å². The van der Waals surface area contributed by atoms with E-state index >= 15 is 0 Å². The fraction of sp³-hybridized carbons (Fsp3) is 0.350. The standard InChI is InChI=1S/C20H21ClFNO2/c1-2-19(24)23-16(8-10-20(23)25)11-13-3-5-14(6-4-13)17-12-15(21)7-9-18(17)22/h3-7,9,12,16,20,25H,2,8,10-11H2,1H3/t16-,20?/m0/s1. The molecular weight excluding hydrogens is 341 g/mol. The van der Waals surface area contributed by atoms with Crippen LogP contribution in [-0.2, 0) is 11.2 Å². The van der Waals surface area contributed by atoms with Gasteiger partial charge in [-0.15, -0.1) is 0 Å². The molecule has 2 atom stereocenters. The van der Waals surface area contributed by atoms with Crippen LogP contribution in [0.2, 0.25) is 5.02 Å². The summed E-state index contributed by atoms with van der Waals surface area (Å²) in [6.07, 6.45) is 1.79. The van der Waals surface area contributed by atoms with Crippen LogP contribution in [0, 0.1) is 5.82 Å². The summed E-state index contributed by atoms with van der Waals surface area (Å²) >= 11 is 5.96. The van der Waals surface area contributed by atoms with Gasteiger partial charge in [0.25, 0.3) is 0 Å². The molecule has 0 bridgehead atoms. The van der Waals surface area contributed by atoms with Gasteiger partial charge in [-0.25, -0.2) is 4.39 Å². The van der Waals surface area contributed by atoms with E-state index in [-0.39, 0.29) is 17.8 Å². The molecule has 0 saturated carbocycles. The van der Waals surface area contributed by atoms with Gasteiger partial charge in [0, 0.05) is 23.0 Å². The molecule has 1 fully saturated rings. The van der Waals surface area contributed by atoms with E-state index in [0.717, 1.165) is 17.5 Å². The fourth-order valence-corrected chi connectivity index (χ4v) is 3.60. The largest absolute Gasteiger partial charge is 0.374 e. The molecule has 3 nitrogen and oxygen atoms in total. The molecule has 5 heteroatoms. The monoisotopic (exact) mass is 361 g/mol. The molecule has 0 spiro atoms. The lowest BCUT2D eigenvalue weighted by atomic mass is 9.99. The lowest BCUT2D eigenvalue weighted by molar-refractivity contribution is -0.140. The molecular formula is C20H21ClFNO2. The quantitative estimate of drug-likeness (QED) is 0.876. The second-order valence-electron chi connectivity index (χ2n) is 6.39. The molecule has 1 aliphatic heterocycles. The normalized spacial score (nSPS) is 20.1. The van der Waals surface area contributed by atoms with Crippen LogP contribution in [0.5, 0.6) is 0 Å². The molecule has 2 aromatic carbocycles. The predicted molar refractivity (Wildman–Crippen MR) is 96.7 cm³/mol. The minimum atomic E-state index is -0.683. The number of halogens is 2. The van der Waals surface area contributed by atoms with Crippen LogP contribution in [0.25, 0.3) is 11.1 Å². The Hall–Kier alpha value is -1.91. The van der Waals surface area contributed by atoms with Gasteiger partial charge in [0.1, 0.15) is 12.0 Å². The molecule has 1 heterocycles. The predicted octanol–water partition coefficient (Wildman–Crippen LogP) is 4.41. The smallest absolute Gasteiger partial charge is 0.224 e. The Bertz CT molecular complexity index is 763. The third-order valence-corrected chi connectivity index (χ3v) is 4.96. The highest BCUT2D eigenvalue weighted by Gasteiger charge is 2.34. The number of hydrogen-bond donors (Lipinski definition) is 1. The topological polar surface area (TPSA) is 40.5 Å². The molecule has 0 aliphatic carbocycles. The number of amides is 1. The van der Waals surface area contributed by atoms with Crippen LogP contribution in [0.4, 0.5) is 4.39 Å². The van der Waals surface area contributed by atoms with Crippen molar-refractivity contribution in [3.63, 3.8) is 0 Å². The van der Waals surface area contributed by atoms with Gasteiger partial charge in [0.2, 0.25) is 5.91 Å². The molecule has 2 aromatic rings. The van der Waals surface area contributed by atoms with E-state index in [1.54, 1.807) is 17.9 Å². The molecule has 132 valence electrons. The molecule has 3 rings (SSSR count). The van der Waals surface area contributed by atoms with Crippen molar-refractivity contribution < 1.29 is 14.3 Å². The van der Waals surface area contributed by atoms with Gasteiger partial charge in [0.05, 0.1) is 0 Å². The van der Waals surface area contributed by atoms with E-state index in [0.29, 0.717) is 29.8 Å². The third-order valence-electron chi connectivity index (χ3n) is 4.73. The van der Waals surface area contributed by atoms with Crippen molar-refractivity contribution in [2.45, 2.75) is 44.9 Å². The fourth-order valence-electron chi connectivity index (χ4n) is 3.43. The highest BCUT2D eigenvalue weighted by molar-refractivity contribution is 6.30. The van der Waals surface area contributed by atoms with Crippen molar-refractivity contribution in [3.8, 4) is 11.1 Å². The number of carbonyl (C=O) groups excluding carboxylic acids is 1. The van der Waals surface area contributed by atoms with Crippen LogP contribution in [0.3, 0.4) is 0 Å². The van der Waals surface area contributed by atoms with Gasteiger partial charge in [-0.2, -0.15) is 0 Å². The first-order valence-corrected chi connectivity index (χ1v) is 8.91. The van der Waals surface area contributed by atoms with Crippen molar-refractivity contribution in [1.82, 2.24) is 4.90 Å². The molecule has 1 saturated heterocycles. The first-order chi connectivity index (χ1) is 12.0. The van der Waals surface area contributed by atoms with Gasteiger partial charge in [-0.05, 0) is 48.6 Å². The van der Waals surface area contributed by atoms with Crippen LogP contribution in [0.1, 0.15) is 31.7 Å². The van der Waals surface area contributed by atoms with Gasteiger partial charge in [-0.1, -0.05) is 42.8 Å². The zero-order valence-corrected chi connectivity index (χ0v) is 14.8. The zero-order chi connectivity index (χ0) is 18.0. The number of benzene rings is 2. The van der Waals surface area contributed by atoms with E-state index in [4.69, 9.17) is 11.6 Å². The summed E-state index contributed by atoms with van der Waals surface area (Å²) in [6, 6.07) is 12.1. The number of carbonyl (C=O) groups is 1. The number of rotatable bonds is 4. The Balaban J connectivity index is 1.77. The minimum Gasteiger partial charge on any atom is -0.374 e. The second-order valence-corrected chi connectivity index (χ2v) is 6.83. The Morgan fingerprint density at radius 2 is 1.96 bits per heavy atom. The molecule has 1 N–H and O–H groups in total. The first-order valence-electron chi connectivity index (χ1n) is 8.53. The lowest BCUT2D eigenvalue weighted by Crippen LogP contribution is -2.41. The van der Waals surface area contributed by atoms with Crippen molar-refractivity contribution in [2.75, 3.05) is 0 Å². The van der Waals surface area contributed by atoms with Crippen molar-refractivity contribution in [1.29, 1.82) is 0 Å². The zero-order valence-electron chi connectivity index (χ0n) is 14.1. The van der Waals surface area contributed by atoms with Crippen LogP contribution >= 0.6 is 11.6 Å². The second kappa shape index (κ2) is 7.54. The SMILES string of the molecule is CCC(=O)N1C(O)CC[C@H]1Cc1ccc(-c2cc(Cl)ccc2F)cc1. The number of aliphatic hydroxyl groups is 1. The summed E-state index contributed by atoms with van der Waals surface area (Å²) < 4.78 is 14.0. The summed E-state index contributed by atoms with van der Waals surface area (Å²) in [5.41, 5.74) is 2.29. The molecule has 1 unspecified atom stereocenters. The lowest BCUT2D eigenvalue weighted by Gasteiger charge is -2.27. The minimum absolute atomic E-state index is 0.0104. The number of likely N-dealkylation sites (tertiary alicyclic amines) is 1. The van der Waals surface area contributed by atoms with Crippen molar-refractivity contribution in [2.24, 2.45) is 0 Å². The average molecular weight is 362 g/mol. The first kappa shape index (κ1) is 17.9. The summed E-state index contributed by atoms with van der Waals surface area (Å²) in [6.45, 7) is 1.80. The molecule has 1 amide bonds. The van der Waals surface area contributed by atoms with Crippen LogP contribution < -0.4 is 0 Å². The van der Waals surface area contributed by atoms with Gasteiger partial charge in [-0.3, -0.25) is 4.79 Å². The summed E-state index contributed by atoms with van der Waals surface area (Å²) in [4.78, 5) is 13.6. The Morgan fingerprint density at radius 3 is 2.64 bits per heavy atom. The highest BCUT2D eigenvalue weighted by Crippen LogP contribution is 2.29. The average Bonchev–Trinajstić information content (AvgIpc) is 2.97. The van der Waals surface area contributed by atoms with Gasteiger partial charge >= 0.3 is 0 Å². The Kier molecular flexibility index (Phi) is 5.40. The van der Waals surface area contributed by atoms with E-state index in [2.05, 4.69) is 0 Å². The number of hydrogen-bond acceptors (Lipinski definition) is 2. The number of aliphatic hydroxyl groups excluding tert-OH is 1. The summed E-state index contributed by atoms with van der Waals surface area (Å²) in [7, 11) is 0. The maximum Gasteiger partial charge on any atom is 0.224 e. The third kappa shape index (κ3) is 3.86. The van der Waals surface area contributed by atoms with Gasteiger partial charge in [0.15, 0.2) is 0 Å².